The molecule has 2 N–H and O–H groups in total. The molecule has 1 unspecified atom stereocenters. The number of carboxylic acids is 1. The van der Waals surface area contributed by atoms with Crippen LogP contribution >= 0.6 is 0 Å². The number of aromatic amines is 1. The van der Waals surface area contributed by atoms with Crippen LogP contribution in [0.15, 0.2) is 42.6 Å². The molecule has 1 atom stereocenters. The second-order valence-electron chi connectivity index (χ2n) is 4.42. The lowest BCUT2D eigenvalue weighted by atomic mass is 10.0. The summed E-state index contributed by atoms with van der Waals surface area (Å²) in [6.07, 6.45) is 1.87. The number of aromatic nitrogens is 1. The van der Waals surface area contributed by atoms with Gasteiger partial charge in [0, 0.05) is 11.9 Å². The summed E-state index contributed by atoms with van der Waals surface area (Å²) in [4.78, 5) is 16.2. The minimum atomic E-state index is -0.902. The average Bonchev–Trinajstić information content (AvgIpc) is 2.82. The van der Waals surface area contributed by atoms with Crippen LogP contribution in [-0.2, 0) is 0 Å². The van der Waals surface area contributed by atoms with Gasteiger partial charge in [0.05, 0.1) is 11.6 Å². The Morgan fingerprint density at radius 3 is 2.61 bits per heavy atom. The van der Waals surface area contributed by atoms with Crippen LogP contribution in [0.25, 0.3) is 0 Å². The molecular formula is C14H16N2O2. The summed E-state index contributed by atoms with van der Waals surface area (Å²) in [7, 11) is 3.94. The second-order valence-corrected chi connectivity index (χ2v) is 4.42. The zero-order valence-corrected chi connectivity index (χ0v) is 10.4. The number of carboxylic acid groups (broad SMARTS) is 1. The summed E-state index contributed by atoms with van der Waals surface area (Å²) in [6.45, 7) is 0. The van der Waals surface area contributed by atoms with Crippen LogP contribution in [0.5, 0.6) is 0 Å². The van der Waals surface area contributed by atoms with E-state index in [1.165, 1.54) is 0 Å². The summed E-state index contributed by atoms with van der Waals surface area (Å²) in [5, 5.41) is 9.04. The smallest absolute Gasteiger partial charge is 0.335 e. The fourth-order valence-electron chi connectivity index (χ4n) is 2.11. The second kappa shape index (κ2) is 5.06. The van der Waals surface area contributed by atoms with Gasteiger partial charge in [-0.3, -0.25) is 4.90 Å². The van der Waals surface area contributed by atoms with Crippen molar-refractivity contribution in [3.05, 3.63) is 59.4 Å². The van der Waals surface area contributed by atoms with Gasteiger partial charge >= 0.3 is 5.97 Å². The third-order valence-electron chi connectivity index (χ3n) is 2.88. The highest BCUT2D eigenvalue weighted by atomic mass is 16.4. The van der Waals surface area contributed by atoms with Crippen LogP contribution in [0.4, 0.5) is 0 Å². The maximum Gasteiger partial charge on any atom is 0.335 e. The van der Waals surface area contributed by atoms with Crippen LogP contribution in [0.2, 0.25) is 0 Å². The lowest BCUT2D eigenvalue weighted by Crippen LogP contribution is -2.21. The SMILES string of the molecule is CN(C)C(c1cccc(C(=O)O)c1)c1ccc[nH]1. The van der Waals surface area contributed by atoms with E-state index in [-0.39, 0.29) is 6.04 Å². The van der Waals surface area contributed by atoms with Crippen molar-refractivity contribution in [1.82, 2.24) is 9.88 Å². The summed E-state index contributed by atoms with van der Waals surface area (Å²) in [5.41, 5.74) is 2.32. The van der Waals surface area contributed by atoms with Crippen LogP contribution in [0.3, 0.4) is 0 Å². The minimum Gasteiger partial charge on any atom is -0.478 e. The molecule has 0 amide bonds. The fraction of sp³-hybridized carbons (Fsp3) is 0.214. The summed E-state index contributed by atoms with van der Waals surface area (Å²) in [5.74, 6) is -0.902. The van der Waals surface area contributed by atoms with E-state index in [2.05, 4.69) is 4.98 Å². The lowest BCUT2D eigenvalue weighted by molar-refractivity contribution is 0.0696. The lowest BCUT2D eigenvalue weighted by Gasteiger charge is -2.24. The van der Waals surface area contributed by atoms with E-state index >= 15 is 0 Å². The maximum atomic E-state index is 11.0. The van der Waals surface area contributed by atoms with E-state index < -0.39 is 5.97 Å². The molecule has 0 aliphatic heterocycles. The number of rotatable bonds is 4. The molecule has 0 aliphatic rings. The first-order valence-corrected chi connectivity index (χ1v) is 5.72. The van der Waals surface area contributed by atoms with E-state index in [0.717, 1.165) is 11.3 Å². The number of nitrogens with one attached hydrogen (secondary N) is 1. The molecule has 0 aliphatic carbocycles. The topological polar surface area (TPSA) is 56.3 Å². The number of hydrogen-bond acceptors (Lipinski definition) is 2. The minimum absolute atomic E-state index is 0.0271. The number of H-pyrrole nitrogens is 1. The first-order valence-electron chi connectivity index (χ1n) is 5.72. The van der Waals surface area contributed by atoms with E-state index in [0.29, 0.717) is 5.56 Å². The van der Waals surface area contributed by atoms with Gasteiger partial charge in [-0.05, 0) is 43.9 Å². The highest BCUT2D eigenvalue weighted by molar-refractivity contribution is 5.87. The molecule has 2 rings (SSSR count). The van der Waals surface area contributed by atoms with Crippen LogP contribution in [-0.4, -0.2) is 35.1 Å². The van der Waals surface area contributed by atoms with Gasteiger partial charge in [0.2, 0.25) is 0 Å². The number of benzene rings is 1. The molecular weight excluding hydrogens is 228 g/mol. The van der Waals surface area contributed by atoms with Crippen molar-refractivity contribution in [3.63, 3.8) is 0 Å². The Kier molecular flexibility index (Phi) is 3.48. The largest absolute Gasteiger partial charge is 0.478 e. The number of aromatic carboxylic acids is 1. The van der Waals surface area contributed by atoms with Crippen molar-refractivity contribution in [1.29, 1.82) is 0 Å². The Morgan fingerprint density at radius 1 is 1.28 bits per heavy atom. The molecule has 18 heavy (non-hydrogen) atoms. The standard InChI is InChI=1S/C14H16N2O2/c1-16(2)13(12-7-4-8-15-12)10-5-3-6-11(9-10)14(17)18/h3-9,13,15H,1-2H3,(H,17,18). The Labute approximate surface area is 106 Å². The van der Waals surface area contributed by atoms with E-state index in [4.69, 9.17) is 5.11 Å². The van der Waals surface area contributed by atoms with Gasteiger partial charge in [0.1, 0.15) is 0 Å². The van der Waals surface area contributed by atoms with E-state index in [9.17, 15) is 4.79 Å². The van der Waals surface area contributed by atoms with Crippen molar-refractivity contribution in [2.75, 3.05) is 14.1 Å². The maximum absolute atomic E-state index is 11.0. The first-order chi connectivity index (χ1) is 8.59. The quantitative estimate of drug-likeness (QED) is 0.868. The molecule has 0 bridgehead atoms. The highest BCUT2D eigenvalue weighted by Gasteiger charge is 2.18. The van der Waals surface area contributed by atoms with Crippen molar-refractivity contribution in [3.8, 4) is 0 Å². The Hall–Kier alpha value is -2.07. The van der Waals surface area contributed by atoms with E-state index in [1.54, 1.807) is 18.2 Å². The molecule has 0 fully saturated rings. The molecule has 0 saturated heterocycles. The third-order valence-corrected chi connectivity index (χ3v) is 2.88. The van der Waals surface area contributed by atoms with Crippen molar-refractivity contribution in [2.45, 2.75) is 6.04 Å². The van der Waals surface area contributed by atoms with Crippen LogP contribution < -0.4 is 0 Å². The molecule has 0 saturated carbocycles. The van der Waals surface area contributed by atoms with Gasteiger partial charge in [-0.25, -0.2) is 4.79 Å². The normalized spacial score (nSPS) is 12.6. The summed E-state index contributed by atoms with van der Waals surface area (Å²) in [6, 6.07) is 11.0. The predicted octanol–water partition coefficient (Wildman–Crippen LogP) is 2.36. The van der Waals surface area contributed by atoms with Gasteiger partial charge < -0.3 is 10.1 Å². The molecule has 4 nitrogen and oxygen atoms in total. The van der Waals surface area contributed by atoms with Crippen molar-refractivity contribution < 1.29 is 9.90 Å². The molecule has 1 aromatic heterocycles. The Balaban J connectivity index is 2.43. The van der Waals surface area contributed by atoms with Gasteiger partial charge in [-0.15, -0.1) is 0 Å². The van der Waals surface area contributed by atoms with Crippen molar-refractivity contribution >= 4 is 5.97 Å². The summed E-state index contributed by atoms with van der Waals surface area (Å²) >= 11 is 0. The fourth-order valence-corrected chi connectivity index (χ4v) is 2.11. The van der Waals surface area contributed by atoms with Crippen LogP contribution in [0, 0.1) is 0 Å². The molecule has 1 heterocycles. The molecule has 1 aromatic carbocycles. The van der Waals surface area contributed by atoms with Crippen LogP contribution in [0.1, 0.15) is 27.7 Å². The number of nitrogens with zero attached hydrogens (tertiary/aromatic N) is 1. The molecule has 94 valence electrons. The van der Waals surface area contributed by atoms with Gasteiger partial charge in [-0.1, -0.05) is 12.1 Å². The first kappa shape index (κ1) is 12.4. The van der Waals surface area contributed by atoms with Crippen molar-refractivity contribution in [2.24, 2.45) is 0 Å². The van der Waals surface area contributed by atoms with E-state index in [1.807, 2.05) is 43.4 Å². The monoisotopic (exact) mass is 244 g/mol. The molecule has 0 spiro atoms. The number of hydrogen-bond donors (Lipinski definition) is 2. The average molecular weight is 244 g/mol. The zero-order chi connectivity index (χ0) is 13.1. The predicted molar refractivity (Wildman–Crippen MR) is 69.7 cm³/mol. The van der Waals surface area contributed by atoms with Gasteiger partial charge in [-0.2, -0.15) is 0 Å². The number of carbonyl (C=O) groups is 1. The van der Waals surface area contributed by atoms with Gasteiger partial charge in [0.15, 0.2) is 0 Å². The Morgan fingerprint density at radius 2 is 2.06 bits per heavy atom. The summed E-state index contributed by atoms with van der Waals surface area (Å²) < 4.78 is 0. The molecule has 2 aromatic rings. The Bertz CT molecular complexity index is 532. The zero-order valence-electron chi connectivity index (χ0n) is 10.4. The highest BCUT2D eigenvalue weighted by Crippen LogP contribution is 2.25. The third kappa shape index (κ3) is 2.43. The van der Waals surface area contributed by atoms with Gasteiger partial charge in [0.25, 0.3) is 0 Å². The molecule has 0 radical (unpaired) electrons. The molecule has 4 heteroatoms.